The molecule has 1 aromatic heterocycles. The fourth-order valence-electron chi connectivity index (χ4n) is 1.00. The van der Waals surface area contributed by atoms with Crippen molar-refractivity contribution >= 4 is 12.0 Å². The Balaban J connectivity index is 2.72. The molecular formula is C9H8F4N2O2. The lowest BCUT2D eigenvalue weighted by atomic mass is 10.3. The van der Waals surface area contributed by atoms with Crippen LogP contribution in [0.2, 0.25) is 0 Å². The van der Waals surface area contributed by atoms with Gasteiger partial charge in [-0.3, -0.25) is 4.68 Å². The molecule has 0 saturated carbocycles. The van der Waals surface area contributed by atoms with Crippen LogP contribution in [0.3, 0.4) is 0 Å². The second-order valence-corrected chi connectivity index (χ2v) is 3.20. The van der Waals surface area contributed by atoms with Gasteiger partial charge in [0.2, 0.25) is 0 Å². The molecule has 0 bridgehead atoms. The first-order valence-electron chi connectivity index (χ1n) is 4.41. The predicted molar refractivity (Wildman–Crippen MR) is 49.8 cm³/mol. The lowest BCUT2D eigenvalue weighted by Gasteiger charge is -2.14. The molecule has 0 aliphatic rings. The highest BCUT2D eigenvalue weighted by molar-refractivity contribution is 5.85. The maximum Gasteiger partial charge on any atom is 0.328 e. The fraction of sp³-hybridized carbons (Fsp3) is 0.333. The van der Waals surface area contributed by atoms with Gasteiger partial charge in [-0.15, -0.1) is 0 Å². The van der Waals surface area contributed by atoms with Crippen LogP contribution in [-0.4, -0.2) is 33.2 Å². The van der Waals surface area contributed by atoms with Gasteiger partial charge in [-0.25, -0.2) is 13.6 Å². The number of alkyl halides is 4. The number of halogens is 4. The van der Waals surface area contributed by atoms with Crippen LogP contribution in [0.4, 0.5) is 17.6 Å². The predicted octanol–water partition coefficient (Wildman–Crippen LogP) is 1.88. The summed E-state index contributed by atoms with van der Waals surface area (Å²) >= 11 is 0. The fourth-order valence-corrected chi connectivity index (χ4v) is 1.00. The largest absolute Gasteiger partial charge is 0.478 e. The van der Waals surface area contributed by atoms with E-state index in [1.165, 1.54) is 0 Å². The summed E-state index contributed by atoms with van der Waals surface area (Å²) in [6.07, 6.45) is 0.278. The van der Waals surface area contributed by atoms with Crippen molar-refractivity contribution in [1.82, 2.24) is 9.78 Å². The minimum absolute atomic E-state index is 0.234. The Hall–Kier alpha value is -1.86. The Kier molecular flexibility index (Phi) is 3.87. The van der Waals surface area contributed by atoms with Crippen LogP contribution in [0.5, 0.6) is 0 Å². The Morgan fingerprint density at radius 3 is 2.76 bits per heavy atom. The van der Waals surface area contributed by atoms with Gasteiger partial charge < -0.3 is 5.11 Å². The quantitative estimate of drug-likeness (QED) is 0.643. The van der Waals surface area contributed by atoms with E-state index in [4.69, 9.17) is 5.11 Å². The molecular weight excluding hydrogens is 244 g/mol. The van der Waals surface area contributed by atoms with E-state index in [9.17, 15) is 22.4 Å². The number of nitrogens with zero attached hydrogens (tertiary/aromatic N) is 2. The SMILES string of the molecule is O=C(O)/C=C/c1cnn(CC(F)(F)C(F)F)c1. The number of aliphatic carboxylic acids is 1. The molecule has 0 aliphatic carbocycles. The van der Waals surface area contributed by atoms with E-state index in [1.54, 1.807) is 0 Å². The van der Waals surface area contributed by atoms with Gasteiger partial charge >= 0.3 is 18.3 Å². The molecule has 4 nitrogen and oxygen atoms in total. The van der Waals surface area contributed by atoms with Crippen molar-refractivity contribution in [3.63, 3.8) is 0 Å². The zero-order valence-corrected chi connectivity index (χ0v) is 8.36. The number of rotatable bonds is 5. The summed E-state index contributed by atoms with van der Waals surface area (Å²) in [5.41, 5.74) is 0.234. The number of carbonyl (C=O) groups is 1. The highest BCUT2D eigenvalue weighted by atomic mass is 19.3. The van der Waals surface area contributed by atoms with E-state index in [2.05, 4.69) is 5.10 Å². The van der Waals surface area contributed by atoms with Gasteiger partial charge in [0.15, 0.2) is 0 Å². The molecule has 0 aromatic carbocycles. The summed E-state index contributed by atoms with van der Waals surface area (Å²) in [4.78, 5) is 10.2. The lowest BCUT2D eigenvalue weighted by Crippen LogP contribution is -2.32. The van der Waals surface area contributed by atoms with Crippen LogP contribution in [-0.2, 0) is 11.3 Å². The minimum Gasteiger partial charge on any atom is -0.478 e. The number of aromatic nitrogens is 2. The van der Waals surface area contributed by atoms with Crippen molar-refractivity contribution in [2.45, 2.75) is 18.9 Å². The average molecular weight is 252 g/mol. The van der Waals surface area contributed by atoms with Crippen molar-refractivity contribution < 1.29 is 27.5 Å². The molecule has 94 valence electrons. The smallest absolute Gasteiger partial charge is 0.328 e. The molecule has 0 spiro atoms. The first-order valence-corrected chi connectivity index (χ1v) is 4.41. The molecule has 8 heteroatoms. The third kappa shape index (κ3) is 3.89. The van der Waals surface area contributed by atoms with Crippen molar-refractivity contribution in [3.05, 3.63) is 24.0 Å². The second-order valence-electron chi connectivity index (χ2n) is 3.20. The summed E-state index contributed by atoms with van der Waals surface area (Å²) in [6, 6.07) is 0. The Labute approximate surface area is 93.2 Å². The van der Waals surface area contributed by atoms with Crippen molar-refractivity contribution in [3.8, 4) is 0 Å². The topological polar surface area (TPSA) is 55.1 Å². The summed E-state index contributed by atoms with van der Waals surface area (Å²) in [6.45, 7) is -1.26. The van der Waals surface area contributed by atoms with Crippen LogP contribution < -0.4 is 0 Å². The van der Waals surface area contributed by atoms with Crippen LogP contribution in [0, 0.1) is 0 Å². The van der Waals surface area contributed by atoms with E-state index < -0.39 is 24.9 Å². The first kappa shape index (κ1) is 13.2. The Morgan fingerprint density at radius 1 is 1.59 bits per heavy atom. The summed E-state index contributed by atoms with van der Waals surface area (Å²) in [5.74, 6) is -5.38. The number of hydrogen-bond acceptors (Lipinski definition) is 2. The zero-order valence-electron chi connectivity index (χ0n) is 8.36. The third-order valence-corrected chi connectivity index (χ3v) is 1.76. The highest BCUT2D eigenvalue weighted by Gasteiger charge is 2.41. The summed E-state index contributed by atoms with van der Waals surface area (Å²) < 4.78 is 49.6. The van der Waals surface area contributed by atoms with E-state index >= 15 is 0 Å². The second kappa shape index (κ2) is 4.98. The summed E-state index contributed by atoms with van der Waals surface area (Å²) in [5, 5.41) is 11.7. The molecule has 0 atom stereocenters. The Bertz CT molecular complexity index is 428. The monoisotopic (exact) mass is 252 g/mol. The molecule has 1 aromatic rings. The molecule has 17 heavy (non-hydrogen) atoms. The maximum absolute atomic E-state index is 12.6. The number of hydrogen-bond donors (Lipinski definition) is 1. The normalized spacial score (nSPS) is 12.5. The molecule has 0 radical (unpaired) electrons. The number of carboxylic acids is 1. The molecule has 0 fully saturated rings. The molecule has 1 N–H and O–H groups in total. The number of carboxylic acid groups (broad SMARTS) is 1. The molecule has 0 unspecified atom stereocenters. The summed E-state index contributed by atoms with van der Waals surface area (Å²) in [7, 11) is 0. The average Bonchev–Trinajstić information content (AvgIpc) is 2.61. The molecule has 1 heterocycles. The van der Waals surface area contributed by atoms with E-state index in [0.29, 0.717) is 4.68 Å². The van der Waals surface area contributed by atoms with Gasteiger partial charge in [0.1, 0.15) is 6.54 Å². The zero-order chi connectivity index (χ0) is 13.1. The van der Waals surface area contributed by atoms with Crippen molar-refractivity contribution in [2.75, 3.05) is 0 Å². The van der Waals surface area contributed by atoms with E-state index in [0.717, 1.165) is 24.5 Å². The lowest BCUT2D eigenvalue weighted by molar-refractivity contribution is -0.139. The van der Waals surface area contributed by atoms with Gasteiger partial charge in [-0.05, 0) is 6.08 Å². The van der Waals surface area contributed by atoms with Gasteiger partial charge in [0, 0.05) is 17.8 Å². The van der Waals surface area contributed by atoms with Crippen molar-refractivity contribution in [1.29, 1.82) is 0 Å². The highest BCUT2D eigenvalue weighted by Crippen LogP contribution is 2.24. The van der Waals surface area contributed by atoms with E-state index in [-0.39, 0.29) is 5.56 Å². The van der Waals surface area contributed by atoms with Crippen LogP contribution in [0.1, 0.15) is 5.56 Å². The Morgan fingerprint density at radius 2 is 2.24 bits per heavy atom. The van der Waals surface area contributed by atoms with E-state index in [1.807, 2.05) is 0 Å². The minimum atomic E-state index is -4.17. The van der Waals surface area contributed by atoms with Gasteiger partial charge in [0.25, 0.3) is 0 Å². The first-order chi connectivity index (χ1) is 7.81. The molecule has 0 amide bonds. The molecule has 0 saturated heterocycles. The standard InChI is InChI=1S/C9H8F4N2O2/c10-8(11)9(12,13)5-15-4-6(3-14-15)1-2-7(16)17/h1-4,8H,5H2,(H,16,17)/b2-1+. The molecule has 1 rings (SSSR count). The van der Waals surface area contributed by atoms with Crippen LogP contribution >= 0.6 is 0 Å². The van der Waals surface area contributed by atoms with Gasteiger partial charge in [0.05, 0.1) is 6.20 Å². The van der Waals surface area contributed by atoms with Crippen LogP contribution in [0.15, 0.2) is 18.5 Å². The van der Waals surface area contributed by atoms with Gasteiger partial charge in [-0.2, -0.15) is 13.9 Å². The van der Waals surface area contributed by atoms with Crippen molar-refractivity contribution in [2.24, 2.45) is 0 Å². The van der Waals surface area contributed by atoms with Gasteiger partial charge in [-0.1, -0.05) is 0 Å². The maximum atomic E-state index is 12.6. The molecule has 0 aliphatic heterocycles. The third-order valence-electron chi connectivity index (χ3n) is 1.76. The van der Waals surface area contributed by atoms with Crippen LogP contribution in [0.25, 0.3) is 6.08 Å².